The summed E-state index contributed by atoms with van der Waals surface area (Å²) in [6.45, 7) is 2.29. The first-order valence-electron chi connectivity index (χ1n) is 8.25. The lowest BCUT2D eigenvalue weighted by atomic mass is 10.1. The summed E-state index contributed by atoms with van der Waals surface area (Å²) in [5.74, 6) is -0.305. The van der Waals surface area contributed by atoms with Crippen molar-refractivity contribution < 1.29 is 23.4 Å². The van der Waals surface area contributed by atoms with E-state index in [1.807, 2.05) is 6.92 Å². The van der Waals surface area contributed by atoms with Gasteiger partial charge in [0.25, 0.3) is 0 Å². The van der Waals surface area contributed by atoms with Gasteiger partial charge in [-0.15, -0.1) is 0 Å². The highest BCUT2D eigenvalue weighted by molar-refractivity contribution is 6.30. The van der Waals surface area contributed by atoms with E-state index in [9.17, 15) is 9.59 Å². The standard InChI is InChI=1S/C20H15ClO6/c1-11-2-3-17-15(4-11)16(22)7-18(27-17)20(23)25-9-13-6-14(21)5-12-8-24-10-26-19(12)13/h2-7H,8-10H2,1H3. The molecule has 0 bridgehead atoms. The van der Waals surface area contributed by atoms with Gasteiger partial charge in [0.15, 0.2) is 12.2 Å². The number of hydrogen-bond donors (Lipinski definition) is 0. The van der Waals surface area contributed by atoms with Crippen LogP contribution in [0.5, 0.6) is 5.75 Å². The zero-order valence-electron chi connectivity index (χ0n) is 14.4. The lowest BCUT2D eigenvalue weighted by molar-refractivity contribution is -0.0180. The summed E-state index contributed by atoms with van der Waals surface area (Å²) in [6, 6.07) is 9.72. The Labute approximate surface area is 159 Å². The Bertz CT molecular complexity index is 1100. The molecule has 1 aliphatic heterocycles. The molecule has 0 atom stereocenters. The van der Waals surface area contributed by atoms with Crippen LogP contribution in [0.4, 0.5) is 0 Å². The fraction of sp³-hybridized carbons (Fsp3) is 0.200. The van der Waals surface area contributed by atoms with Gasteiger partial charge in [-0.2, -0.15) is 0 Å². The highest BCUT2D eigenvalue weighted by Crippen LogP contribution is 2.32. The molecule has 0 saturated carbocycles. The number of fused-ring (bicyclic) bond motifs is 2. The molecule has 0 aliphatic carbocycles. The van der Waals surface area contributed by atoms with Crippen molar-refractivity contribution in [2.45, 2.75) is 20.1 Å². The van der Waals surface area contributed by atoms with Crippen molar-refractivity contribution in [2.24, 2.45) is 0 Å². The van der Waals surface area contributed by atoms with E-state index in [2.05, 4.69) is 0 Å². The van der Waals surface area contributed by atoms with Crippen LogP contribution in [-0.4, -0.2) is 12.8 Å². The number of esters is 1. The topological polar surface area (TPSA) is 75.0 Å². The number of hydrogen-bond acceptors (Lipinski definition) is 6. The van der Waals surface area contributed by atoms with Gasteiger partial charge in [-0.05, 0) is 31.2 Å². The van der Waals surface area contributed by atoms with E-state index in [4.69, 9.17) is 30.2 Å². The van der Waals surface area contributed by atoms with Crippen LogP contribution in [0.25, 0.3) is 11.0 Å². The second-order valence-electron chi connectivity index (χ2n) is 6.21. The van der Waals surface area contributed by atoms with Crippen LogP contribution in [0.3, 0.4) is 0 Å². The van der Waals surface area contributed by atoms with Gasteiger partial charge in [0.2, 0.25) is 5.76 Å². The lowest BCUT2D eigenvalue weighted by Crippen LogP contribution is -2.15. The summed E-state index contributed by atoms with van der Waals surface area (Å²) < 4.78 is 21.6. The Morgan fingerprint density at radius 2 is 2.07 bits per heavy atom. The van der Waals surface area contributed by atoms with Gasteiger partial charge >= 0.3 is 5.97 Å². The summed E-state index contributed by atoms with van der Waals surface area (Å²) in [4.78, 5) is 24.6. The van der Waals surface area contributed by atoms with E-state index in [0.717, 1.165) is 17.2 Å². The number of ether oxygens (including phenoxy) is 3. The predicted octanol–water partition coefficient (Wildman–Crippen LogP) is 3.98. The molecule has 0 fully saturated rings. The molecule has 0 N–H and O–H groups in total. The second-order valence-corrected chi connectivity index (χ2v) is 6.65. The Morgan fingerprint density at radius 1 is 1.22 bits per heavy atom. The van der Waals surface area contributed by atoms with Crippen molar-refractivity contribution in [1.29, 1.82) is 0 Å². The van der Waals surface area contributed by atoms with Crippen molar-refractivity contribution in [3.8, 4) is 5.75 Å². The summed E-state index contributed by atoms with van der Waals surface area (Å²) in [7, 11) is 0. The molecular weight excluding hydrogens is 372 g/mol. The molecular formula is C20H15ClO6. The van der Waals surface area contributed by atoms with Gasteiger partial charge in [-0.1, -0.05) is 23.2 Å². The molecule has 6 nitrogen and oxygen atoms in total. The maximum Gasteiger partial charge on any atom is 0.374 e. The predicted molar refractivity (Wildman–Crippen MR) is 98.1 cm³/mol. The SMILES string of the molecule is Cc1ccc2oc(C(=O)OCc3cc(Cl)cc4c3OCOC4)cc(=O)c2c1. The quantitative estimate of drug-likeness (QED) is 0.634. The molecule has 0 amide bonds. The molecule has 4 rings (SSSR count). The molecule has 27 heavy (non-hydrogen) atoms. The molecule has 0 spiro atoms. The highest BCUT2D eigenvalue weighted by atomic mass is 35.5. The highest BCUT2D eigenvalue weighted by Gasteiger charge is 2.19. The Balaban J connectivity index is 1.59. The third-order valence-corrected chi connectivity index (χ3v) is 4.41. The van der Waals surface area contributed by atoms with Crippen molar-refractivity contribution in [2.75, 3.05) is 6.79 Å². The van der Waals surface area contributed by atoms with Crippen LogP contribution in [0.1, 0.15) is 27.2 Å². The average Bonchev–Trinajstić information content (AvgIpc) is 2.66. The number of benzene rings is 2. The summed E-state index contributed by atoms with van der Waals surface area (Å²) in [5, 5.41) is 0.908. The normalized spacial score (nSPS) is 13.1. The zero-order valence-corrected chi connectivity index (χ0v) is 15.2. The fourth-order valence-corrected chi connectivity index (χ4v) is 3.21. The van der Waals surface area contributed by atoms with Crippen molar-refractivity contribution >= 4 is 28.5 Å². The monoisotopic (exact) mass is 386 g/mol. The van der Waals surface area contributed by atoms with Gasteiger partial charge in [0.05, 0.1) is 12.0 Å². The number of rotatable bonds is 3. The van der Waals surface area contributed by atoms with Crippen LogP contribution in [0, 0.1) is 6.92 Å². The summed E-state index contributed by atoms with van der Waals surface area (Å²) in [6.07, 6.45) is 0. The zero-order chi connectivity index (χ0) is 19.0. The van der Waals surface area contributed by atoms with Gasteiger partial charge in [0, 0.05) is 22.2 Å². The van der Waals surface area contributed by atoms with Gasteiger partial charge in [0.1, 0.15) is 17.9 Å². The maximum absolute atomic E-state index is 12.4. The molecule has 2 aromatic carbocycles. The molecule has 138 valence electrons. The fourth-order valence-electron chi connectivity index (χ4n) is 2.95. The smallest absolute Gasteiger partial charge is 0.374 e. The van der Waals surface area contributed by atoms with Gasteiger partial charge < -0.3 is 18.6 Å². The summed E-state index contributed by atoms with van der Waals surface area (Å²) >= 11 is 6.10. The van der Waals surface area contributed by atoms with Gasteiger partial charge in [-0.3, -0.25) is 4.79 Å². The second kappa shape index (κ2) is 7.06. The minimum Gasteiger partial charge on any atom is -0.467 e. The van der Waals surface area contributed by atoms with Crippen LogP contribution < -0.4 is 10.2 Å². The van der Waals surface area contributed by atoms with Crippen LogP contribution in [0.15, 0.2) is 45.6 Å². The molecule has 2 heterocycles. The number of aryl methyl sites for hydroxylation is 1. The maximum atomic E-state index is 12.4. The minimum atomic E-state index is -0.740. The minimum absolute atomic E-state index is 0.0721. The van der Waals surface area contributed by atoms with Crippen molar-refractivity contribution in [1.82, 2.24) is 0 Å². The van der Waals surface area contributed by atoms with E-state index >= 15 is 0 Å². The molecule has 0 radical (unpaired) electrons. The van der Waals surface area contributed by atoms with Crippen LogP contribution in [0.2, 0.25) is 5.02 Å². The third kappa shape index (κ3) is 3.54. The molecule has 3 aromatic rings. The summed E-state index contributed by atoms with van der Waals surface area (Å²) in [5.41, 5.74) is 2.37. The Kier molecular flexibility index (Phi) is 4.59. The Hall–Kier alpha value is -2.83. The van der Waals surface area contributed by atoms with E-state index < -0.39 is 5.97 Å². The first-order chi connectivity index (χ1) is 13.0. The van der Waals surface area contributed by atoms with Crippen molar-refractivity contribution in [3.05, 3.63) is 74.1 Å². The average molecular weight is 387 g/mol. The third-order valence-electron chi connectivity index (χ3n) is 4.19. The van der Waals surface area contributed by atoms with E-state index in [1.54, 1.807) is 30.3 Å². The van der Waals surface area contributed by atoms with Gasteiger partial charge in [-0.25, -0.2) is 4.79 Å². The lowest BCUT2D eigenvalue weighted by Gasteiger charge is -2.21. The number of carbonyl (C=O) groups is 1. The Morgan fingerprint density at radius 3 is 2.93 bits per heavy atom. The molecule has 1 aliphatic rings. The van der Waals surface area contributed by atoms with Crippen molar-refractivity contribution in [3.63, 3.8) is 0 Å². The first-order valence-corrected chi connectivity index (χ1v) is 8.62. The van der Waals surface area contributed by atoms with E-state index in [1.165, 1.54) is 0 Å². The molecule has 0 unspecified atom stereocenters. The number of carbonyl (C=O) groups excluding carboxylic acids is 1. The van der Waals surface area contributed by atoms with Crippen LogP contribution in [-0.2, 0) is 22.7 Å². The molecule has 0 saturated heterocycles. The molecule has 7 heteroatoms. The molecule has 1 aromatic heterocycles. The van der Waals surface area contributed by atoms with Crippen LogP contribution >= 0.6 is 11.6 Å². The van der Waals surface area contributed by atoms with E-state index in [0.29, 0.717) is 33.9 Å². The van der Waals surface area contributed by atoms with E-state index in [-0.39, 0.29) is 24.6 Å². The largest absolute Gasteiger partial charge is 0.467 e. The number of halogens is 1. The first kappa shape index (κ1) is 17.6.